The molecule has 0 aromatic carbocycles. The summed E-state index contributed by atoms with van der Waals surface area (Å²) in [6.07, 6.45) is 0.259. The Morgan fingerprint density at radius 3 is 2.19 bits per heavy atom. The Morgan fingerprint density at radius 2 is 1.81 bits per heavy atom. The van der Waals surface area contributed by atoms with Gasteiger partial charge in [0.15, 0.2) is 0 Å². The quantitative estimate of drug-likeness (QED) is 0.856. The van der Waals surface area contributed by atoms with Gasteiger partial charge < -0.3 is 10.5 Å². The van der Waals surface area contributed by atoms with Crippen LogP contribution < -0.4 is 5.73 Å². The minimum atomic E-state index is 0.0242. The van der Waals surface area contributed by atoms with Crippen LogP contribution in [0.3, 0.4) is 0 Å². The molecule has 0 bridgehead atoms. The summed E-state index contributed by atoms with van der Waals surface area (Å²) in [5.74, 6) is 0.516. The van der Waals surface area contributed by atoms with Gasteiger partial charge in [0.2, 0.25) is 0 Å². The Hall–Kier alpha value is -0.380. The average Bonchev–Trinajstić information content (AvgIpc) is 2.59. The van der Waals surface area contributed by atoms with Gasteiger partial charge in [-0.2, -0.15) is 0 Å². The number of rotatable bonds is 5. The van der Waals surface area contributed by atoms with Crippen molar-refractivity contribution in [1.29, 1.82) is 0 Å². The van der Waals surface area contributed by atoms with Crippen LogP contribution in [0, 0.1) is 12.8 Å². The van der Waals surface area contributed by atoms with E-state index in [0.717, 1.165) is 0 Å². The molecule has 1 rings (SSSR count). The molecular formula is C13H23NOS. The lowest BCUT2D eigenvalue weighted by Crippen LogP contribution is -2.30. The number of ether oxygens (including phenoxy) is 1. The van der Waals surface area contributed by atoms with E-state index in [-0.39, 0.29) is 18.2 Å². The molecule has 1 aromatic rings. The van der Waals surface area contributed by atoms with E-state index in [1.807, 2.05) is 6.92 Å². The number of thiophene rings is 1. The van der Waals surface area contributed by atoms with E-state index in [2.05, 4.69) is 39.8 Å². The van der Waals surface area contributed by atoms with Crippen LogP contribution >= 0.6 is 11.3 Å². The second-order valence-corrected chi connectivity index (χ2v) is 6.13. The molecule has 0 amide bonds. The van der Waals surface area contributed by atoms with Gasteiger partial charge in [0.05, 0.1) is 6.10 Å². The lowest BCUT2D eigenvalue weighted by molar-refractivity contribution is -0.0346. The summed E-state index contributed by atoms with van der Waals surface area (Å²) in [4.78, 5) is 2.54. The van der Waals surface area contributed by atoms with Crippen LogP contribution in [0.15, 0.2) is 12.1 Å². The van der Waals surface area contributed by atoms with Gasteiger partial charge in [0, 0.05) is 15.8 Å². The molecule has 0 saturated carbocycles. The van der Waals surface area contributed by atoms with E-state index >= 15 is 0 Å². The van der Waals surface area contributed by atoms with Crippen molar-refractivity contribution >= 4 is 11.3 Å². The van der Waals surface area contributed by atoms with Crippen molar-refractivity contribution < 1.29 is 4.74 Å². The number of hydrogen-bond donors (Lipinski definition) is 1. The molecule has 2 nitrogen and oxygen atoms in total. The molecule has 2 N–H and O–H groups in total. The zero-order chi connectivity index (χ0) is 12.3. The molecule has 1 aromatic heterocycles. The maximum atomic E-state index is 6.06. The Balaban J connectivity index is 2.76. The fourth-order valence-electron chi connectivity index (χ4n) is 1.44. The van der Waals surface area contributed by atoms with Crippen molar-refractivity contribution in [3.63, 3.8) is 0 Å². The van der Waals surface area contributed by atoms with Crippen LogP contribution in [-0.2, 0) is 4.74 Å². The third-order valence-corrected chi connectivity index (χ3v) is 3.88. The van der Waals surface area contributed by atoms with Crippen LogP contribution in [-0.4, -0.2) is 12.1 Å². The SMILES string of the molecule is Cc1ccc(C(OC(C)C(C)C)C(C)N)s1. The first-order chi connectivity index (χ1) is 7.41. The Kier molecular flexibility index (Phi) is 4.96. The Labute approximate surface area is 103 Å². The highest BCUT2D eigenvalue weighted by Crippen LogP contribution is 2.29. The standard InChI is InChI=1S/C13H23NOS/c1-8(2)11(5)15-13(10(4)14)12-7-6-9(3)16-12/h6-8,10-11,13H,14H2,1-5H3. The van der Waals surface area contributed by atoms with Crippen LogP contribution in [0.4, 0.5) is 0 Å². The molecule has 3 atom stereocenters. The molecule has 92 valence electrons. The molecule has 0 aliphatic rings. The van der Waals surface area contributed by atoms with Crippen LogP contribution in [0.25, 0.3) is 0 Å². The van der Waals surface area contributed by atoms with Crippen LogP contribution in [0.5, 0.6) is 0 Å². The average molecular weight is 241 g/mol. The molecule has 3 unspecified atom stereocenters. The second-order valence-electron chi connectivity index (χ2n) is 4.81. The van der Waals surface area contributed by atoms with E-state index in [9.17, 15) is 0 Å². The minimum Gasteiger partial charge on any atom is -0.368 e. The molecule has 3 heteroatoms. The molecule has 0 saturated heterocycles. The van der Waals surface area contributed by atoms with Gasteiger partial charge >= 0.3 is 0 Å². The predicted molar refractivity (Wildman–Crippen MR) is 70.8 cm³/mol. The third-order valence-electron chi connectivity index (χ3n) is 2.82. The van der Waals surface area contributed by atoms with Gasteiger partial charge in [-0.1, -0.05) is 13.8 Å². The van der Waals surface area contributed by atoms with Crippen molar-refractivity contribution in [1.82, 2.24) is 0 Å². The first kappa shape index (κ1) is 13.7. The van der Waals surface area contributed by atoms with Gasteiger partial charge in [0.1, 0.15) is 6.10 Å². The van der Waals surface area contributed by atoms with Crippen molar-refractivity contribution in [2.45, 2.75) is 52.9 Å². The minimum absolute atomic E-state index is 0.0242. The monoisotopic (exact) mass is 241 g/mol. The van der Waals surface area contributed by atoms with E-state index < -0.39 is 0 Å². The molecule has 0 fully saturated rings. The molecule has 0 aliphatic heterocycles. The van der Waals surface area contributed by atoms with Crippen molar-refractivity contribution in [3.8, 4) is 0 Å². The molecule has 1 heterocycles. The molecular weight excluding hydrogens is 218 g/mol. The first-order valence-corrected chi connectivity index (χ1v) is 6.70. The predicted octanol–water partition coefficient (Wildman–Crippen LogP) is 3.51. The number of aryl methyl sites for hydroxylation is 1. The molecule has 0 radical (unpaired) electrons. The highest BCUT2D eigenvalue weighted by Gasteiger charge is 2.22. The normalized spacial score (nSPS) is 17.4. The Bertz CT molecular complexity index is 319. The number of hydrogen-bond acceptors (Lipinski definition) is 3. The van der Waals surface area contributed by atoms with Gasteiger partial charge in [0.25, 0.3) is 0 Å². The number of nitrogens with two attached hydrogens (primary N) is 1. The second kappa shape index (κ2) is 5.80. The summed E-state index contributed by atoms with van der Waals surface area (Å²) in [6, 6.07) is 4.28. The maximum Gasteiger partial charge on any atom is 0.107 e. The van der Waals surface area contributed by atoms with Crippen LogP contribution in [0.2, 0.25) is 0 Å². The third kappa shape index (κ3) is 3.58. The van der Waals surface area contributed by atoms with Crippen molar-refractivity contribution in [2.75, 3.05) is 0 Å². The topological polar surface area (TPSA) is 35.2 Å². The first-order valence-electron chi connectivity index (χ1n) is 5.89. The van der Waals surface area contributed by atoms with Gasteiger partial charge in [-0.15, -0.1) is 11.3 Å². The highest BCUT2D eigenvalue weighted by molar-refractivity contribution is 7.12. The lowest BCUT2D eigenvalue weighted by Gasteiger charge is -2.26. The summed E-state index contributed by atoms with van der Waals surface area (Å²) in [6.45, 7) is 10.6. The maximum absolute atomic E-state index is 6.06. The summed E-state index contributed by atoms with van der Waals surface area (Å²) in [5.41, 5.74) is 6.01. The van der Waals surface area contributed by atoms with E-state index in [4.69, 9.17) is 10.5 Å². The van der Waals surface area contributed by atoms with E-state index in [1.165, 1.54) is 9.75 Å². The summed E-state index contributed by atoms with van der Waals surface area (Å²) in [5, 5.41) is 0. The van der Waals surface area contributed by atoms with Crippen molar-refractivity contribution in [3.05, 3.63) is 21.9 Å². The van der Waals surface area contributed by atoms with Gasteiger partial charge in [-0.3, -0.25) is 0 Å². The zero-order valence-electron chi connectivity index (χ0n) is 10.9. The molecule has 16 heavy (non-hydrogen) atoms. The van der Waals surface area contributed by atoms with Gasteiger partial charge in [-0.05, 0) is 38.8 Å². The zero-order valence-corrected chi connectivity index (χ0v) is 11.7. The highest BCUT2D eigenvalue weighted by atomic mass is 32.1. The molecule has 0 spiro atoms. The van der Waals surface area contributed by atoms with E-state index in [0.29, 0.717) is 5.92 Å². The summed E-state index contributed by atoms with van der Waals surface area (Å²) in [7, 11) is 0. The fourth-order valence-corrected chi connectivity index (χ4v) is 2.48. The summed E-state index contributed by atoms with van der Waals surface area (Å²) < 4.78 is 6.06. The van der Waals surface area contributed by atoms with Crippen molar-refractivity contribution in [2.24, 2.45) is 11.7 Å². The molecule has 0 aliphatic carbocycles. The van der Waals surface area contributed by atoms with E-state index in [1.54, 1.807) is 11.3 Å². The van der Waals surface area contributed by atoms with Gasteiger partial charge in [-0.25, -0.2) is 0 Å². The largest absolute Gasteiger partial charge is 0.368 e. The fraction of sp³-hybridized carbons (Fsp3) is 0.692. The lowest BCUT2D eigenvalue weighted by atomic mass is 10.1. The Morgan fingerprint density at radius 1 is 1.19 bits per heavy atom. The smallest absolute Gasteiger partial charge is 0.107 e. The summed E-state index contributed by atoms with van der Waals surface area (Å²) >= 11 is 1.77. The van der Waals surface area contributed by atoms with Crippen LogP contribution in [0.1, 0.15) is 43.6 Å².